The number of carbonyl (C=O) groups is 2. The third-order valence-electron chi connectivity index (χ3n) is 4.37. The summed E-state index contributed by atoms with van der Waals surface area (Å²) in [5.74, 6) is -2.65. The first kappa shape index (κ1) is 18.2. The lowest BCUT2D eigenvalue weighted by Crippen LogP contribution is -2.54. The predicted octanol–water partition coefficient (Wildman–Crippen LogP) is -0.749. The molecule has 0 aliphatic carbocycles. The number of carboxylic acid groups (broad SMARTS) is 2. The van der Waals surface area contributed by atoms with Crippen molar-refractivity contribution in [1.82, 2.24) is 4.98 Å². The van der Waals surface area contributed by atoms with Gasteiger partial charge < -0.3 is 30.9 Å². The van der Waals surface area contributed by atoms with E-state index in [0.29, 0.717) is 25.1 Å². The van der Waals surface area contributed by atoms with Gasteiger partial charge in [-0.15, -0.1) is 0 Å². The highest BCUT2D eigenvalue weighted by Gasteiger charge is 2.49. The largest absolute Gasteiger partial charge is 0.480 e. The molecule has 0 aromatic carbocycles. The molecule has 130 valence electrons. The molecule has 1 aliphatic rings. The van der Waals surface area contributed by atoms with Crippen molar-refractivity contribution in [3.8, 4) is 0 Å². The van der Waals surface area contributed by atoms with Gasteiger partial charge in [-0.2, -0.15) is 0 Å². The van der Waals surface area contributed by atoms with Crippen molar-refractivity contribution < 1.29 is 29.9 Å². The van der Waals surface area contributed by atoms with Gasteiger partial charge in [0.25, 0.3) is 0 Å². The maximum atomic E-state index is 11.6. The van der Waals surface area contributed by atoms with Gasteiger partial charge >= 0.3 is 19.1 Å². The Morgan fingerprint density at radius 2 is 2.08 bits per heavy atom. The number of carboxylic acids is 2. The van der Waals surface area contributed by atoms with E-state index in [1.54, 1.807) is 4.90 Å². The number of hydrogen-bond donors (Lipinski definition) is 5. The second-order valence-corrected chi connectivity index (χ2v) is 6.07. The quantitative estimate of drug-likeness (QED) is 0.404. The first-order valence-electron chi connectivity index (χ1n) is 7.55. The second kappa shape index (κ2) is 7.16. The van der Waals surface area contributed by atoms with E-state index < -0.39 is 30.5 Å². The average molecular weight is 337 g/mol. The van der Waals surface area contributed by atoms with Gasteiger partial charge in [0.15, 0.2) is 0 Å². The molecule has 0 amide bonds. The number of nitrogens with zero attached hydrogens (tertiary/aromatic N) is 2. The van der Waals surface area contributed by atoms with Crippen LogP contribution in [0.5, 0.6) is 0 Å². The molecule has 24 heavy (non-hydrogen) atoms. The van der Waals surface area contributed by atoms with Gasteiger partial charge in [-0.3, -0.25) is 9.78 Å². The maximum absolute atomic E-state index is 11.6. The van der Waals surface area contributed by atoms with Crippen molar-refractivity contribution >= 4 is 24.7 Å². The van der Waals surface area contributed by atoms with Crippen molar-refractivity contribution in [3.63, 3.8) is 0 Å². The van der Waals surface area contributed by atoms with Crippen molar-refractivity contribution in [2.45, 2.75) is 24.7 Å². The predicted molar refractivity (Wildman–Crippen MR) is 85.7 cm³/mol. The second-order valence-electron chi connectivity index (χ2n) is 6.07. The number of aromatic nitrogens is 1. The van der Waals surface area contributed by atoms with Crippen LogP contribution in [0.3, 0.4) is 0 Å². The summed E-state index contributed by atoms with van der Waals surface area (Å²) in [5, 5.41) is 36.4. The summed E-state index contributed by atoms with van der Waals surface area (Å²) < 4.78 is 0. The number of pyridine rings is 1. The monoisotopic (exact) mass is 337 g/mol. The molecule has 1 aliphatic heterocycles. The summed E-state index contributed by atoms with van der Waals surface area (Å²) in [5.41, 5.74) is 5.11. The Bertz CT molecular complexity index is 628. The van der Waals surface area contributed by atoms with Crippen LogP contribution < -0.4 is 10.6 Å². The molecule has 0 radical (unpaired) electrons. The van der Waals surface area contributed by atoms with Crippen molar-refractivity contribution in [1.29, 1.82) is 0 Å². The van der Waals surface area contributed by atoms with E-state index >= 15 is 0 Å². The first-order chi connectivity index (χ1) is 11.2. The van der Waals surface area contributed by atoms with E-state index in [1.165, 1.54) is 18.5 Å². The normalized spacial score (nSPS) is 23.3. The molecule has 10 heteroatoms. The van der Waals surface area contributed by atoms with Crippen LogP contribution in [0.25, 0.3) is 0 Å². The molecular formula is C14H20BN3O6. The average Bonchev–Trinajstić information content (AvgIpc) is 2.86. The van der Waals surface area contributed by atoms with Crippen LogP contribution >= 0.6 is 0 Å². The van der Waals surface area contributed by atoms with Gasteiger partial charge in [0.1, 0.15) is 5.54 Å². The number of anilines is 1. The zero-order valence-corrected chi connectivity index (χ0v) is 13.0. The lowest BCUT2D eigenvalue weighted by atomic mass is 9.78. The van der Waals surface area contributed by atoms with Gasteiger partial charge in [0.2, 0.25) is 0 Å². The van der Waals surface area contributed by atoms with Crippen molar-refractivity contribution in [2.24, 2.45) is 11.7 Å². The van der Waals surface area contributed by atoms with Crippen molar-refractivity contribution in [2.75, 3.05) is 18.0 Å². The Kier molecular flexibility index (Phi) is 5.42. The highest BCUT2D eigenvalue weighted by molar-refractivity contribution is 6.40. The van der Waals surface area contributed by atoms with E-state index in [2.05, 4.69) is 4.98 Å². The highest BCUT2D eigenvalue weighted by atomic mass is 16.4. The molecule has 9 nitrogen and oxygen atoms in total. The number of aliphatic carboxylic acids is 1. The zero-order chi connectivity index (χ0) is 17.9. The Morgan fingerprint density at radius 3 is 2.67 bits per heavy atom. The molecule has 6 N–H and O–H groups in total. The lowest BCUT2D eigenvalue weighted by Gasteiger charge is -2.25. The molecule has 2 atom stereocenters. The van der Waals surface area contributed by atoms with Gasteiger partial charge in [0.05, 0.1) is 17.4 Å². The minimum Gasteiger partial charge on any atom is -0.480 e. The molecule has 0 spiro atoms. The molecule has 1 saturated heterocycles. The van der Waals surface area contributed by atoms with E-state index in [4.69, 9.17) is 20.9 Å². The summed E-state index contributed by atoms with van der Waals surface area (Å²) in [6.07, 6.45) is 3.67. The fourth-order valence-electron chi connectivity index (χ4n) is 2.99. The summed E-state index contributed by atoms with van der Waals surface area (Å²) in [4.78, 5) is 28.2. The molecular weight excluding hydrogens is 317 g/mol. The van der Waals surface area contributed by atoms with Gasteiger partial charge in [-0.1, -0.05) is 6.42 Å². The van der Waals surface area contributed by atoms with Crippen LogP contribution in [0, 0.1) is 5.92 Å². The van der Waals surface area contributed by atoms with Crippen LogP contribution in [0.4, 0.5) is 5.69 Å². The van der Waals surface area contributed by atoms with Crippen LogP contribution in [0.15, 0.2) is 18.5 Å². The Morgan fingerprint density at radius 1 is 1.38 bits per heavy atom. The molecule has 1 aromatic rings. The maximum Gasteiger partial charge on any atom is 0.451 e. The van der Waals surface area contributed by atoms with Gasteiger partial charge in [-0.25, -0.2) is 4.79 Å². The zero-order valence-electron chi connectivity index (χ0n) is 13.0. The molecule has 1 aromatic heterocycles. The van der Waals surface area contributed by atoms with Crippen LogP contribution in [-0.2, 0) is 4.79 Å². The van der Waals surface area contributed by atoms with Gasteiger partial charge in [-0.05, 0) is 18.8 Å². The fourth-order valence-corrected chi connectivity index (χ4v) is 2.99. The third-order valence-corrected chi connectivity index (χ3v) is 4.37. The summed E-state index contributed by atoms with van der Waals surface area (Å²) in [6.45, 7) is 0.356. The Balaban J connectivity index is 2.18. The Labute approximate surface area is 138 Å². The van der Waals surface area contributed by atoms with Crippen LogP contribution in [-0.4, -0.2) is 62.9 Å². The van der Waals surface area contributed by atoms with Gasteiger partial charge in [0, 0.05) is 25.2 Å². The molecule has 2 rings (SSSR count). The van der Waals surface area contributed by atoms with E-state index in [0.717, 1.165) is 0 Å². The Hall–Kier alpha value is -2.17. The van der Waals surface area contributed by atoms with Crippen LogP contribution in [0.1, 0.15) is 23.2 Å². The van der Waals surface area contributed by atoms with Crippen LogP contribution in [0.2, 0.25) is 6.32 Å². The number of nitrogens with two attached hydrogens (primary N) is 1. The van der Waals surface area contributed by atoms with E-state index in [9.17, 15) is 14.7 Å². The molecule has 1 fully saturated rings. The standard InChI is InChI=1S/C14H20BN3O6/c16-14(13(21)22)8-18(7-10(14)2-1-3-15(23)24)11-4-9(12(19)20)5-17-6-11/h4-6,10,23-24H,1-3,7-8,16H2,(H,19,20)(H,21,22)/t10-,14-/m0/s1. The lowest BCUT2D eigenvalue weighted by molar-refractivity contribution is -0.144. The summed E-state index contributed by atoms with van der Waals surface area (Å²) in [7, 11) is -1.43. The minimum atomic E-state index is -1.49. The topological polar surface area (TPSA) is 157 Å². The molecule has 0 unspecified atom stereocenters. The number of aromatic carboxylic acids is 1. The SMILES string of the molecule is N[C@@]1(C(=O)O)CN(c2cncc(C(=O)O)c2)C[C@@H]1CCCB(O)O. The molecule has 0 bridgehead atoms. The first-order valence-corrected chi connectivity index (χ1v) is 7.55. The fraction of sp³-hybridized carbons (Fsp3) is 0.500. The number of hydrogen-bond acceptors (Lipinski definition) is 7. The highest BCUT2D eigenvalue weighted by Crippen LogP contribution is 2.33. The minimum absolute atomic E-state index is 0.0114. The molecule has 0 saturated carbocycles. The third kappa shape index (κ3) is 3.83. The summed E-state index contributed by atoms with van der Waals surface area (Å²) in [6, 6.07) is 1.43. The summed E-state index contributed by atoms with van der Waals surface area (Å²) >= 11 is 0. The van der Waals surface area contributed by atoms with Crippen molar-refractivity contribution in [3.05, 3.63) is 24.0 Å². The molecule has 2 heterocycles. The van der Waals surface area contributed by atoms with E-state index in [-0.39, 0.29) is 18.4 Å². The van der Waals surface area contributed by atoms with E-state index in [1.807, 2.05) is 0 Å². The smallest absolute Gasteiger partial charge is 0.451 e. The number of rotatable bonds is 7.